The number of ether oxygens (including phenoxy) is 1. The van der Waals surface area contributed by atoms with E-state index in [4.69, 9.17) is 15.6 Å². The first kappa shape index (κ1) is 30.1. The fourth-order valence-corrected chi connectivity index (χ4v) is 12.1. The number of carboxylic acids is 1. The Kier molecular flexibility index (Phi) is 7.39. The van der Waals surface area contributed by atoms with Crippen LogP contribution in [-0.2, 0) is 14.3 Å². The van der Waals surface area contributed by atoms with Crippen LogP contribution in [0.3, 0.4) is 0 Å². The van der Waals surface area contributed by atoms with Crippen LogP contribution in [0.2, 0.25) is 0 Å². The smallest absolute Gasteiger partial charge is 0.323 e. The third-order valence-electron chi connectivity index (χ3n) is 14.4. The zero-order chi connectivity index (χ0) is 29.5. The molecule has 0 heterocycles. The van der Waals surface area contributed by atoms with E-state index in [-0.39, 0.29) is 33.2 Å². The number of nitrogens with two attached hydrogens (primary N) is 1. The van der Waals surface area contributed by atoms with E-state index in [0.717, 1.165) is 38.5 Å². The van der Waals surface area contributed by atoms with E-state index >= 15 is 0 Å². The molecule has 0 amide bonds. The molecule has 5 aliphatic rings. The standard InChI is InChI=1S/C34H55NO5/c1-20(2)21-10-15-34(19-40-29(39)23(35)18-27(37)38)17-16-32(6)22(28(21)34)8-9-25-31(5)13-12-26(36)30(3,4)24(31)11-14-33(25,32)7/h21-26,28,36H,1,8-19,35H2,2-7H3,(H,37,38)/t21-,22+,23-,24-,25+,26-,28+,31-,32+,33+,34+/m0/s1. The number of carbonyl (C=O) groups is 2. The van der Waals surface area contributed by atoms with Crippen LogP contribution in [-0.4, -0.2) is 40.9 Å². The second-order valence-electron chi connectivity index (χ2n) is 16.2. The molecule has 0 unspecified atom stereocenters. The second kappa shape index (κ2) is 9.82. The van der Waals surface area contributed by atoms with Crippen LogP contribution in [0.15, 0.2) is 12.2 Å². The van der Waals surface area contributed by atoms with Crippen LogP contribution >= 0.6 is 0 Å². The van der Waals surface area contributed by atoms with Crippen molar-refractivity contribution >= 4 is 11.9 Å². The third kappa shape index (κ3) is 4.16. The number of allylic oxidation sites excluding steroid dienone is 1. The number of carbonyl (C=O) groups excluding carboxylic acids is 1. The van der Waals surface area contributed by atoms with Gasteiger partial charge in [0.05, 0.1) is 19.1 Å². The van der Waals surface area contributed by atoms with Crippen LogP contribution in [0.1, 0.15) is 112 Å². The van der Waals surface area contributed by atoms with Crippen LogP contribution < -0.4 is 5.73 Å². The van der Waals surface area contributed by atoms with E-state index in [1.807, 2.05) is 0 Å². The molecule has 0 saturated heterocycles. The average molecular weight is 558 g/mol. The first-order chi connectivity index (χ1) is 18.5. The number of carboxylic acid groups (broad SMARTS) is 1. The van der Waals surface area contributed by atoms with Crippen LogP contribution in [0, 0.1) is 56.7 Å². The molecule has 5 rings (SSSR count). The molecule has 0 spiro atoms. The summed E-state index contributed by atoms with van der Waals surface area (Å²) in [6.45, 7) is 19.4. The lowest BCUT2D eigenvalue weighted by molar-refractivity contribution is -0.250. The number of aliphatic carboxylic acids is 1. The maximum atomic E-state index is 12.7. The summed E-state index contributed by atoms with van der Waals surface area (Å²) in [4.78, 5) is 23.8. The van der Waals surface area contributed by atoms with Gasteiger partial charge in [-0.25, -0.2) is 0 Å². The first-order valence-electron chi connectivity index (χ1n) is 16.0. The summed E-state index contributed by atoms with van der Waals surface area (Å²) in [6.07, 6.45) is 10.5. The summed E-state index contributed by atoms with van der Waals surface area (Å²) in [5, 5.41) is 20.1. The highest BCUT2D eigenvalue weighted by molar-refractivity contribution is 5.81. The van der Waals surface area contributed by atoms with Gasteiger partial charge in [-0.2, -0.15) is 0 Å². The molecule has 11 atom stereocenters. The van der Waals surface area contributed by atoms with E-state index in [2.05, 4.69) is 48.1 Å². The quantitative estimate of drug-likeness (QED) is 0.259. The largest absolute Gasteiger partial charge is 0.481 e. The lowest BCUT2D eigenvalue weighted by Crippen LogP contribution is -2.66. The lowest BCUT2D eigenvalue weighted by Gasteiger charge is -2.73. The Morgan fingerprint density at radius 2 is 1.62 bits per heavy atom. The van der Waals surface area contributed by atoms with E-state index in [9.17, 15) is 14.7 Å². The molecule has 0 aromatic heterocycles. The highest BCUT2D eigenvalue weighted by atomic mass is 16.5. The van der Waals surface area contributed by atoms with Gasteiger partial charge >= 0.3 is 11.9 Å². The van der Waals surface area contributed by atoms with Gasteiger partial charge in [0.1, 0.15) is 6.04 Å². The van der Waals surface area contributed by atoms with Gasteiger partial charge in [0.15, 0.2) is 0 Å². The molecule has 226 valence electrons. The van der Waals surface area contributed by atoms with Gasteiger partial charge in [0.25, 0.3) is 0 Å². The molecule has 0 aromatic carbocycles. The summed E-state index contributed by atoms with van der Waals surface area (Å²) in [7, 11) is 0. The Labute approximate surface area is 241 Å². The molecule has 5 fully saturated rings. The van der Waals surface area contributed by atoms with Crippen LogP contribution in [0.4, 0.5) is 0 Å². The molecule has 6 nitrogen and oxygen atoms in total. The molecule has 0 aromatic rings. The van der Waals surface area contributed by atoms with Gasteiger partial charge < -0.3 is 20.7 Å². The van der Waals surface area contributed by atoms with Gasteiger partial charge in [-0.1, -0.05) is 46.8 Å². The SMILES string of the molecule is C=C(C)[C@@H]1CC[C@]2(COC(=O)[C@@H](N)CC(=O)O)CC[C@]3(C)[C@H](CC[C@@H]4[C@@]5(C)CC[C@H](O)C(C)(C)[C@@H]5CC[C@]43C)[C@@H]12. The summed E-state index contributed by atoms with van der Waals surface area (Å²) < 4.78 is 5.86. The topological polar surface area (TPSA) is 110 Å². The zero-order valence-corrected chi connectivity index (χ0v) is 25.9. The van der Waals surface area contributed by atoms with E-state index in [1.54, 1.807) is 0 Å². The fourth-order valence-electron chi connectivity index (χ4n) is 12.1. The monoisotopic (exact) mass is 557 g/mol. The Balaban J connectivity index is 1.45. The predicted molar refractivity (Wildman–Crippen MR) is 156 cm³/mol. The van der Waals surface area contributed by atoms with Crippen molar-refractivity contribution in [1.82, 2.24) is 0 Å². The van der Waals surface area contributed by atoms with Crippen LogP contribution in [0.5, 0.6) is 0 Å². The number of hydrogen-bond acceptors (Lipinski definition) is 5. The van der Waals surface area contributed by atoms with Gasteiger partial charge in [-0.15, -0.1) is 0 Å². The number of hydrogen-bond donors (Lipinski definition) is 3. The minimum absolute atomic E-state index is 0.0460. The van der Waals surface area contributed by atoms with Gasteiger partial charge in [0.2, 0.25) is 0 Å². The average Bonchev–Trinajstić information content (AvgIpc) is 3.25. The number of aliphatic hydroxyl groups excluding tert-OH is 1. The maximum absolute atomic E-state index is 12.7. The van der Waals surface area contributed by atoms with Crippen molar-refractivity contribution in [3.8, 4) is 0 Å². The van der Waals surface area contributed by atoms with Crippen molar-refractivity contribution in [2.24, 2.45) is 62.4 Å². The van der Waals surface area contributed by atoms with Crippen LogP contribution in [0.25, 0.3) is 0 Å². The van der Waals surface area contributed by atoms with Crippen molar-refractivity contribution in [3.63, 3.8) is 0 Å². The molecular weight excluding hydrogens is 502 g/mol. The zero-order valence-electron chi connectivity index (χ0n) is 25.9. The maximum Gasteiger partial charge on any atom is 0.323 e. The molecule has 0 bridgehead atoms. The minimum atomic E-state index is -1.12. The molecular formula is C34H55NO5. The highest BCUT2D eigenvalue weighted by Gasteiger charge is 2.71. The van der Waals surface area contributed by atoms with Crippen molar-refractivity contribution in [3.05, 3.63) is 12.2 Å². The summed E-state index contributed by atoms with van der Waals surface area (Å²) in [6, 6.07) is -1.12. The molecule has 0 aliphatic heterocycles. The molecule has 5 saturated carbocycles. The first-order valence-corrected chi connectivity index (χ1v) is 16.0. The van der Waals surface area contributed by atoms with Crippen molar-refractivity contribution in [1.29, 1.82) is 0 Å². The fraction of sp³-hybridized carbons (Fsp3) is 0.882. The molecule has 6 heteroatoms. The number of aliphatic hydroxyl groups is 1. The van der Waals surface area contributed by atoms with Gasteiger partial charge in [-0.05, 0) is 122 Å². The van der Waals surface area contributed by atoms with E-state index < -0.39 is 24.4 Å². The van der Waals surface area contributed by atoms with E-state index in [1.165, 1.54) is 31.3 Å². The Bertz CT molecular complexity index is 1050. The molecule has 40 heavy (non-hydrogen) atoms. The van der Waals surface area contributed by atoms with Crippen molar-refractivity contribution in [2.75, 3.05) is 6.61 Å². The number of rotatable bonds is 6. The Morgan fingerprint density at radius 3 is 2.27 bits per heavy atom. The predicted octanol–water partition coefficient (Wildman–Crippen LogP) is 6.35. The molecule has 5 aliphatic carbocycles. The number of fused-ring (bicyclic) bond motifs is 7. The highest BCUT2D eigenvalue weighted by Crippen LogP contribution is 2.77. The lowest BCUT2D eigenvalue weighted by atomic mass is 9.32. The second-order valence-corrected chi connectivity index (χ2v) is 16.2. The van der Waals surface area contributed by atoms with Gasteiger partial charge in [-0.3, -0.25) is 9.59 Å². The molecule has 4 N–H and O–H groups in total. The number of esters is 1. The van der Waals surface area contributed by atoms with E-state index in [0.29, 0.717) is 36.2 Å². The van der Waals surface area contributed by atoms with Crippen molar-refractivity contribution in [2.45, 2.75) is 124 Å². The summed E-state index contributed by atoms with van der Waals surface area (Å²) in [5.74, 6) is 0.907. The molecule has 0 radical (unpaired) electrons. The normalized spacial score (nSPS) is 48.1. The summed E-state index contributed by atoms with van der Waals surface area (Å²) in [5.41, 5.74) is 7.65. The third-order valence-corrected chi connectivity index (χ3v) is 14.4. The summed E-state index contributed by atoms with van der Waals surface area (Å²) >= 11 is 0. The van der Waals surface area contributed by atoms with Crippen molar-refractivity contribution < 1.29 is 24.5 Å². The van der Waals surface area contributed by atoms with Gasteiger partial charge in [0, 0.05) is 5.41 Å². The Hall–Kier alpha value is -1.40. The minimum Gasteiger partial charge on any atom is -0.481 e. The Morgan fingerprint density at radius 1 is 0.925 bits per heavy atom.